The van der Waals surface area contributed by atoms with Crippen LogP contribution in [0.5, 0.6) is 11.5 Å². The molecule has 2 amide bonds. The van der Waals surface area contributed by atoms with Gasteiger partial charge in [0, 0.05) is 43.6 Å². The van der Waals surface area contributed by atoms with E-state index in [0.717, 1.165) is 18.4 Å². The lowest BCUT2D eigenvalue weighted by Gasteiger charge is -2.15. The summed E-state index contributed by atoms with van der Waals surface area (Å²) in [6.45, 7) is 5.58. The van der Waals surface area contributed by atoms with Gasteiger partial charge in [0.1, 0.15) is 17.2 Å². The van der Waals surface area contributed by atoms with Crippen LogP contribution < -0.4 is 14.8 Å². The van der Waals surface area contributed by atoms with E-state index in [2.05, 4.69) is 12.2 Å². The van der Waals surface area contributed by atoms with E-state index in [-0.39, 0.29) is 17.5 Å². The number of imide groups is 1. The highest BCUT2D eigenvalue weighted by atomic mass is 16.5. The number of amides is 2. The highest BCUT2D eigenvalue weighted by molar-refractivity contribution is 6.36. The van der Waals surface area contributed by atoms with Crippen molar-refractivity contribution in [2.75, 3.05) is 39.3 Å². The first kappa shape index (κ1) is 24.3. The number of unbranched alkanes of at least 4 members (excludes halogenated alkanes) is 1. The summed E-state index contributed by atoms with van der Waals surface area (Å²) in [5, 5.41) is 3.16. The third kappa shape index (κ3) is 5.93. The van der Waals surface area contributed by atoms with E-state index in [1.807, 2.05) is 31.2 Å². The van der Waals surface area contributed by atoms with Crippen molar-refractivity contribution in [1.29, 1.82) is 0 Å². The van der Waals surface area contributed by atoms with Crippen LogP contribution in [0.3, 0.4) is 0 Å². The molecule has 0 bridgehead atoms. The molecule has 33 heavy (non-hydrogen) atoms. The van der Waals surface area contributed by atoms with Gasteiger partial charge in [-0.15, -0.1) is 0 Å². The standard InChI is InChI=1S/C26H32N2O5/c1-5-6-13-33-14-7-12-28-25(29)23(19-10-8-18(2)9-11-19)24(26(28)30)27-20-15-21(31-3)17-22(16-20)32-4/h8-11,15-17,27H,5-7,12-14H2,1-4H3. The lowest BCUT2D eigenvalue weighted by atomic mass is 10.0. The molecule has 0 saturated carbocycles. The Balaban J connectivity index is 1.88. The van der Waals surface area contributed by atoms with Gasteiger partial charge in [-0.25, -0.2) is 0 Å². The summed E-state index contributed by atoms with van der Waals surface area (Å²) >= 11 is 0. The van der Waals surface area contributed by atoms with Gasteiger partial charge in [-0.1, -0.05) is 43.2 Å². The van der Waals surface area contributed by atoms with E-state index in [1.165, 1.54) is 4.90 Å². The highest BCUT2D eigenvalue weighted by Gasteiger charge is 2.38. The van der Waals surface area contributed by atoms with Gasteiger partial charge in [-0.3, -0.25) is 14.5 Å². The molecule has 1 aliphatic rings. The van der Waals surface area contributed by atoms with Crippen LogP contribution >= 0.6 is 0 Å². The van der Waals surface area contributed by atoms with Crippen molar-refractivity contribution in [3.8, 4) is 11.5 Å². The van der Waals surface area contributed by atoms with Gasteiger partial charge in [0.05, 0.1) is 19.8 Å². The summed E-state index contributed by atoms with van der Waals surface area (Å²) in [4.78, 5) is 27.9. The maximum Gasteiger partial charge on any atom is 0.278 e. The average Bonchev–Trinajstić information content (AvgIpc) is 3.05. The van der Waals surface area contributed by atoms with Crippen molar-refractivity contribution in [3.05, 3.63) is 59.3 Å². The van der Waals surface area contributed by atoms with E-state index in [9.17, 15) is 9.59 Å². The Labute approximate surface area is 195 Å². The number of rotatable bonds is 12. The molecule has 1 heterocycles. The monoisotopic (exact) mass is 452 g/mol. The topological polar surface area (TPSA) is 77.1 Å². The van der Waals surface area contributed by atoms with Crippen molar-refractivity contribution < 1.29 is 23.8 Å². The summed E-state index contributed by atoms with van der Waals surface area (Å²) in [7, 11) is 3.12. The fourth-order valence-electron chi connectivity index (χ4n) is 3.58. The zero-order valence-electron chi connectivity index (χ0n) is 19.8. The van der Waals surface area contributed by atoms with Gasteiger partial charge in [0.25, 0.3) is 11.8 Å². The fraction of sp³-hybridized carbons (Fsp3) is 0.385. The second-order valence-corrected chi connectivity index (χ2v) is 7.92. The molecule has 2 aromatic carbocycles. The van der Waals surface area contributed by atoms with Crippen LogP contribution in [0.2, 0.25) is 0 Å². The second-order valence-electron chi connectivity index (χ2n) is 7.92. The molecule has 176 valence electrons. The van der Waals surface area contributed by atoms with E-state index in [0.29, 0.717) is 54.5 Å². The van der Waals surface area contributed by atoms with Gasteiger partial charge < -0.3 is 19.5 Å². The molecule has 0 unspecified atom stereocenters. The van der Waals surface area contributed by atoms with Crippen LogP contribution in [0.4, 0.5) is 5.69 Å². The normalized spacial score (nSPS) is 13.6. The number of hydrogen-bond acceptors (Lipinski definition) is 6. The van der Waals surface area contributed by atoms with Crippen LogP contribution in [0.1, 0.15) is 37.3 Å². The average molecular weight is 453 g/mol. The molecule has 0 spiro atoms. The number of methoxy groups -OCH3 is 2. The van der Waals surface area contributed by atoms with Crippen LogP contribution in [0.15, 0.2) is 48.2 Å². The SMILES string of the molecule is CCCCOCCCN1C(=O)C(Nc2cc(OC)cc(OC)c2)=C(c2ccc(C)cc2)C1=O. The molecule has 1 aliphatic heterocycles. The Hall–Kier alpha value is -3.32. The minimum Gasteiger partial charge on any atom is -0.497 e. The Morgan fingerprint density at radius 1 is 0.879 bits per heavy atom. The van der Waals surface area contributed by atoms with Gasteiger partial charge in [0.2, 0.25) is 0 Å². The van der Waals surface area contributed by atoms with Crippen LogP contribution in [0.25, 0.3) is 5.57 Å². The lowest BCUT2D eigenvalue weighted by Crippen LogP contribution is -2.34. The number of benzene rings is 2. The van der Waals surface area contributed by atoms with Crippen molar-refractivity contribution >= 4 is 23.1 Å². The maximum atomic E-state index is 13.3. The molecule has 0 radical (unpaired) electrons. The Morgan fingerprint density at radius 3 is 2.12 bits per heavy atom. The van der Waals surface area contributed by atoms with Crippen LogP contribution in [-0.4, -0.2) is 50.7 Å². The molecule has 0 aromatic heterocycles. The molecule has 1 N–H and O–H groups in total. The lowest BCUT2D eigenvalue weighted by molar-refractivity contribution is -0.137. The number of ether oxygens (including phenoxy) is 3. The zero-order valence-corrected chi connectivity index (χ0v) is 19.8. The van der Waals surface area contributed by atoms with Crippen molar-refractivity contribution in [2.24, 2.45) is 0 Å². The first-order valence-electron chi connectivity index (χ1n) is 11.2. The van der Waals surface area contributed by atoms with Crippen LogP contribution in [0, 0.1) is 6.92 Å². The van der Waals surface area contributed by atoms with Gasteiger partial charge in [0.15, 0.2) is 0 Å². The molecular formula is C26H32N2O5. The summed E-state index contributed by atoms with van der Waals surface area (Å²) in [5.41, 5.74) is 2.96. The van der Waals surface area contributed by atoms with E-state index < -0.39 is 0 Å². The first-order valence-corrected chi connectivity index (χ1v) is 11.2. The quantitative estimate of drug-likeness (QED) is 0.380. The summed E-state index contributed by atoms with van der Waals surface area (Å²) in [5.74, 6) is 0.486. The summed E-state index contributed by atoms with van der Waals surface area (Å²) < 4.78 is 16.3. The minimum absolute atomic E-state index is 0.242. The van der Waals surface area contributed by atoms with Gasteiger partial charge >= 0.3 is 0 Å². The molecule has 7 nitrogen and oxygen atoms in total. The molecule has 3 rings (SSSR count). The van der Waals surface area contributed by atoms with E-state index in [1.54, 1.807) is 32.4 Å². The highest BCUT2D eigenvalue weighted by Crippen LogP contribution is 2.33. The van der Waals surface area contributed by atoms with Crippen molar-refractivity contribution in [2.45, 2.75) is 33.1 Å². The van der Waals surface area contributed by atoms with Crippen LogP contribution in [-0.2, 0) is 14.3 Å². The van der Waals surface area contributed by atoms with Crippen molar-refractivity contribution in [1.82, 2.24) is 4.90 Å². The fourth-order valence-corrected chi connectivity index (χ4v) is 3.58. The molecular weight excluding hydrogens is 420 g/mol. The number of nitrogens with one attached hydrogen (secondary N) is 1. The largest absolute Gasteiger partial charge is 0.497 e. The number of aryl methyl sites for hydroxylation is 1. The van der Waals surface area contributed by atoms with Gasteiger partial charge in [-0.05, 0) is 25.3 Å². The maximum absolute atomic E-state index is 13.3. The summed E-state index contributed by atoms with van der Waals surface area (Å²) in [6, 6.07) is 12.8. The number of anilines is 1. The Kier molecular flexibility index (Phi) is 8.49. The predicted molar refractivity (Wildman–Crippen MR) is 128 cm³/mol. The Bertz CT molecular complexity index is 992. The number of hydrogen-bond donors (Lipinski definition) is 1. The predicted octanol–water partition coefficient (Wildman–Crippen LogP) is 4.41. The second kappa shape index (κ2) is 11.5. The summed E-state index contributed by atoms with van der Waals surface area (Å²) in [6.07, 6.45) is 2.65. The minimum atomic E-state index is -0.356. The Morgan fingerprint density at radius 2 is 1.52 bits per heavy atom. The smallest absolute Gasteiger partial charge is 0.278 e. The van der Waals surface area contributed by atoms with E-state index >= 15 is 0 Å². The molecule has 0 atom stereocenters. The molecule has 7 heteroatoms. The molecule has 0 saturated heterocycles. The van der Waals surface area contributed by atoms with Crippen molar-refractivity contribution in [3.63, 3.8) is 0 Å². The third-order valence-electron chi connectivity index (χ3n) is 5.44. The molecule has 0 aliphatic carbocycles. The first-order chi connectivity index (χ1) is 16.0. The molecule has 0 fully saturated rings. The number of carbonyl (C=O) groups is 2. The third-order valence-corrected chi connectivity index (χ3v) is 5.44. The number of carbonyl (C=O) groups excluding carboxylic acids is 2. The zero-order chi connectivity index (χ0) is 23.8. The van der Waals surface area contributed by atoms with E-state index in [4.69, 9.17) is 14.2 Å². The number of nitrogens with zero attached hydrogens (tertiary/aromatic N) is 1. The van der Waals surface area contributed by atoms with Gasteiger partial charge in [-0.2, -0.15) is 0 Å². The molecule has 2 aromatic rings.